The molecule has 0 radical (unpaired) electrons. The molecule has 0 aliphatic carbocycles. The van der Waals surface area contributed by atoms with Crippen molar-refractivity contribution in [3.8, 4) is 11.5 Å². The number of fused-ring (bicyclic) bond motifs is 1. The molecule has 0 aliphatic heterocycles. The Labute approximate surface area is 178 Å². The third kappa shape index (κ3) is 4.42. The Hall–Kier alpha value is -4.07. The summed E-state index contributed by atoms with van der Waals surface area (Å²) in [4.78, 5) is 29.3. The Bertz CT molecular complexity index is 1320. The van der Waals surface area contributed by atoms with Crippen molar-refractivity contribution in [1.29, 1.82) is 0 Å². The molecule has 1 amide bonds. The van der Waals surface area contributed by atoms with E-state index in [0.717, 1.165) is 10.1 Å². The zero-order chi connectivity index (χ0) is 22.0. The van der Waals surface area contributed by atoms with Crippen LogP contribution in [0.1, 0.15) is 27.4 Å². The number of nitrogens with zero attached hydrogens (tertiary/aromatic N) is 2. The van der Waals surface area contributed by atoms with Gasteiger partial charge in [-0.25, -0.2) is 4.98 Å². The maximum Gasteiger partial charge on any atom is 0.287 e. The van der Waals surface area contributed by atoms with Gasteiger partial charge in [0.1, 0.15) is 23.9 Å². The monoisotopic (exact) mass is 419 g/mol. The van der Waals surface area contributed by atoms with Gasteiger partial charge in [0, 0.05) is 17.7 Å². The molecule has 31 heavy (non-hydrogen) atoms. The molecule has 158 valence electrons. The van der Waals surface area contributed by atoms with Gasteiger partial charge in [-0.05, 0) is 49.7 Å². The summed E-state index contributed by atoms with van der Waals surface area (Å²) < 4.78 is 17.5. The van der Waals surface area contributed by atoms with Crippen LogP contribution in [0.15, 0.2) is 63.9 Å². The first-order chi connectivity index (χ1) is 14.9. The summed E-state index contributed by atoms with van der Waals surface area (Å²) >= 11 is 0. The predicted molar refractivity (Wildman–Crippen MR) is 115 cm³/mol. The van der Waals surface area contributed by atoms with Gasteiger partial charge in [-0.1, -0.05) is 12.1 Å². The molecule has 0 fully saturated rings. The molecule has 8 nitrogen and oxygen atoms in total. The highest BCUT2D eigenvalue weighted by atomic mass is 16.5. The van der Waals surface area contributed by atoms with Crippen LogP contribution in [0.2, 0.25) is 0 Å². The third-order valence-electron chi connectivity index (χ3n) is 4.61. The highest BCUT2D eigenvalue weighted by Crippen LogP contribution is 2.27. The average Bonchev–Trinajstić information content (AvgIpc) is 3.14. The van der Waals surface area contributed by atoms with Gasteiger partial charge in [0.15, 0.2) is 5.65 Å². The minimum absolute atomic E-state index is 0.0566. The van der Waals surface area contributed by atoms with Gasteiger partial charge < -0.3 is 19.3 Å². The first-order valence-electron chi connectivity index (χ1n) is 9.61. The Kier molecular flexibility index (Phi) is 5.44. The number of carbonyl (C=O) groups excluding carboxylic acids is 1. The Morgan fingerprint density at radius 1 is 1.13 bits per heavy atom. The number of rotatable bonds is 6. The number of ether oxygens (including phenoxy) is 2. The second kappa shape index (κ2) is 8.35. The van der Waals surface area contributed by atoms with Crippen molar-refractivity contribution in [2.75, 3.05) is 12.4 Å². The van der Waals surface area contributed by atoms with E-state index in [2.05, 4.69) is 10.3 Å². The fourth-order valence-electron chi connectivity index (χ4n) is 3.13. The van der Waals surface area contributed by atoms with Crippen LogP contribution in [-0.4, -0.2) is 22.6 Å². The van der Waals surface area contributed by atoms with Crippen molar-refractivity contribution >= 4 is 17.2 Å². The van der Waals surface area contributed by atoms with Crippen LogP contribution < -0.4 is 20.3 Å². The van der Waals surface area contributed by atoms with Crippen LogP contribution in [0.4, 0.5) is 5.69 Å². The minimum atomic E-state index is -0.327. The molecule has 2 aromatic carbocycles. The number of amides is 1. The molecule has 4 rings (SSSR count). The highest BCUT2D eigenvalue weighted by Gasteiger charge is 2.13. The summed E-state index contributed by atoms with van der Waals surface area (Å²) in [5.74, 6) is 1.35. The van der Waals surface area contributed by atoms with E-state index >= 15 is 0 Å². The van der Waals surface area contributed by atoms with Crippen LogP contribution in [0.5, 0.6) is 11.5 Å². The molecular weight excluding hydrogens is 398 g/mol. The quantitative estimate of drug-likeness (QED) is 0.512. The van der Waals surface area contributed by atoms with Crippen molar-refractivity contribution in [1.82, 2.24) is 9.56 Å². The molecule has 2 heterocycles. The Balaban J connectivity index is 1.55. The molecule has 4 aromatic rings. The van der Waals surface area contributed by atoms with Gasteiger partial charge in [-0.2, -0.15) is 0 Å². The summed E-state index contributed by atoms with van der Waals surface area (Å²) in [6.45, 7) is 3.72. The zero-order valence-corrected chi connectivity index (χ0v) is 17.3. The number of carbonyl (C=O) groups is 1. The molecule has 0 unspecified atom stereocenters. The maximum atomic E-state index is 12.7. The van der Waals surface area contributed by atoms with E-state index in [-0.39, 0.29) is 18.1 Å². The van der Waals surface area contributed by atoms with E-state index in [9.17, 15) is 9.59 Å². The number of aromatic nitrogens is 2. The van der Waals surface area contributed by atoms with E-state index < -0.39 is 0 Å². The molecular formula is C23H21N3O5. The lowest BCUT2D eigenvalue weighted by molar-refractivity contribution is 0.102. The first kappa shape index (κ1) is 20.2. The van der Waals surface area contributed by atoms with Crippen LogP contribution in [0.25, 0.3) is 5.65 Å². The molecule has 1 N–H and O–H groups in total. The minimum Gasteiger partial charge on any atom is -0.497 e. The van der Waals surface area contributed by atoms with Gasteiger partial charge >= 0.3 is 0 Å². The molecule has 0 saturated heterocycles. The highest BCUT2D eigenvalue weighted by molar-refractivity contribution is 6.05. The van der Waals surface area contributed by atoms with Crippen LogP contribution in [0, 0.1) is 13.8 Å². The summed E-state index contributed by atoms with van der Waals surface area (Å²) in [7, 11) is 1.55. The second-order valence-electron chi connectivity index (χ2n) is 7.06. The standard InChI is InChI=1S/C23H21N3O5/c1-14-7-8-20(19(9-14)25-23(28)16-5-4-6-18(11-16)29-3)30-13-17-12-22(27)26-21(24-17)10-15(2)31-26/h4-12H,13H2,1-3H3,(H,25,28). The Morgan fingerprint density at radius 2 is 1.97 bits per heavy atom. The fraction of sp³-hybridized carbons (Fsp3) is 0.174. The van der Waals surface area contributed by atoms with Gasteiger partial charge in [0.05, 0.1) is 18.5 Å². The van der Waals surface area contributed by atoms with Crippen molar-refractivity contribution in [3.63, 3.8) is 0 Å². The largest absolute Gasteiger partial charge is 0.497 e. The van der Waals surface area contributed by atoms with Crippen LogP contribution in [-0.2, 0) is 6.61 Å². The number of nitrogens with one attached hydrogen (secondary N) is 1. The summed E-state index contributed by atoms with van der Waals surface area (Å²) in [6.07, 6.45) is 0. The third-order valence-corrected chi connectivity index (χ3v) is 4.61. The zero-order valence-electron chi connectivity index (χ0n) is 17.3. The topological polar surface area (TPSA) is 95.1 Å². The number of anilines is 1. The molecule has 0 spiro atoms. The van der Waals surface area contributed by atoms with Crippen LogP contribution >= 0.6 is 0 Å². The second-order valence-corrected chi connectivity index (χ2v) is 7.06. The number of methoxy groups -OCH3 is 1. The lowest BCUT2D eigenvalue weighted by Gasteiger charge is -2.13. The van der Waals surface area contributed by atoms with Gasteiger partial charge in [-0.3, -0.25) is 9.59 Å². The van der Waals surface area contributed by atoms with Crippen molar-refractivity contribution in [2.24, 2.45) is 0 Å². The lowest BCUT2D eigenvalue weighted by Crippen LogP contribution is -2.15. The van der Waals surface area contributed by atoms with Crippen molar-refractivity contribution in [3.05, 3.63) is 87.5 Å². The first-order valence-corrected chi connectivity index (χ1v) is 9.61. The van der Waals surface area contributed by atoms with Crippen molar-refractivity contribution in [2.45, 2.75) is 20.5 Å². The average molecular weight is 419 g/mol. The summed E-state index contributed by atoms with van der Waals surface area (Å²) in [5.41, 5.74) is 2.48. The molecule has 8 heteroatoms. The number of benzene rings is 2. The smallest absolute Gasteiger partial charge is 0.287 e. The van der Waals surface area contributed by atoms with Gasteiger partial charge in [0.2, 0.25) is 0 Å². The molecule has 0 atom stereocenters. The number of hydrogen-bond acceptors (Lipinski definition) is 6. The fourth-order valence-corrected chi connectivity index (χ4v) is 3.13. The maximum absolute atomic E-state index is 12.7. The van der Waals surface area contributed by atoms with Gasteiger partial charge in [-0.15, -0.1) is 4.57 Å². The summed E-state index contributed by atoms with van der Waals surface area (Å²) in [5, 5.41) is 2.88. The predicted octanol–water partition coefficient (Wildman–Crippen LogP) is 3.74. The van der Waals surface area contributed by atoms with E-state index in [1.807, 2.05) is 19.1 Å². The van der Waals surface area contributed by atoms with Crippen LogP contribution in [0.3, 0.4) is 0 Å². The number of hydrogen-bond donors (Lipinski definition) is 1. The van der Waals surface area contributed by atoms with E-state index in [4.69, 9.17) is 14.0 Å². The molecule has 0 bridgehead atoms. The lowest BCUT2D eigenvalue weighted by atomic mass is 10.1. The Morgan fingerprint density at radius 3 is 2.77 bits per heavy atom. The SMILES string of the molecule is COc1cccc(C(=O)Nc2cc(C)ccc2OCc2cc(=O)n3oc(C)cc3n2)c1. The normalized spacial score (nSPS) is 10.8. The number of aryl methyl sites for hydroxylation is 2. The summed E-state index contributed by atoms with van der Waals surface area (Å²) in [6, 6.07) is 15.4. The van der Waals surface area contributed by atoms with Gasteiger partial charge in [0.25, 0.3) is 11.5 Å². The molecule has 0 aliphatic rings. The molecule has 0 saturated carbocycles. The van der Waals surface area contributed by atoms with E-state index in [1.165, 1.54) is 6.07 Å². The van der Waals surface area contributed by atoms with Crippen molar-refractivity contribution < 1.29 is 18.8 Å². The molecule has 2 aromatic heterocycles. The van der Waals surface area contributed by atoms with E-state index in [0.29, 0.717) is 39.9 Å². The van der Waals surface area contributed by atoms with E-state index in [1.54, 1.807) is 50.4 Å².